The predicted molar refractivity (Wildman–Crippen MR) is 101 cm³/mol. The highest BCUT2D eigenvalue weighted by Gasteiger charge is 2.22. The van der Waals surface area contributed by atoms with E-state index in [-0.39, 0.29) is 0 Å². The number of rotatable bonds is 7. The number of carbonyl (C=O) groups is 3. The first-order valence-electron chi connectivity index (χ1n) is 8.87. The standard InChI is InChI=1S/C20H28FNO6/c1-19(2,3)27-17(24)13-7-9-14(10-8-13)26-12-16(23)15(21)11-22-18(25)28-20(4,5)6/h7-10,15H,11-12H2,1-6H3,(H,22,25)/t15-/m0/s1. The number of hydrogen-bond donors (Lipinski definition) is 1. The van der Waals surface area contributed by atoms with Crippen LogP contribution < -0.4 is 10.1 Å². The van der Waals surface area contributed by atoms with Crippen molar-refractivity contribution in [1.82, 2.24) is 5.32 Å². The van der Waals surface area contributed by atoms with Gasteiger partial charge >= 0.3 is 12.1 Å². The highest BCUT2D eigenvalue weighted by atomic mass is 19.1. The van der Waals surface area contributed by atoms with E-state index in [4.69, 9.17) is 14.2 Å². The minimum absolute atomic E-state index is 0.299. The Bertz CT molecular complexity index is 688. The summed E-state index contributed by atoms with van der Waals surface area (Å²) in [6, 6.07) is 5.95. The zero-order chi connectivity index (χ0) is 21.5. The number of ether oxygens (including phenoxy) is 3. The van der Waals surface area contributed by atoms with E-state index in [1.54, 1.807) is 41.5 Å². The quantitative estimate of drug-likeness (QED) is 0.709. The van der Waals surface area contributed by atoms with Gasteiger partial charge in [0.25, 0.3) is 0 Å². The Morgan fingerprint density at radius 1 is 0.964 bits per heavy atom. The number of halogens is 1. The van der Waals surface area contributed by atoms with Crippen molar-refractivity contribution in [2.24, 2.45) is 0 Å². The molecular formula is C20H28FNO6. The van der Waals surface area contributed by atoms with Crippen LogP contribution >= 0.6 is 0 Å². The van der Waals surface area contributed by atoms with E-state index in [0.717, 1.165) is 0 Å². The number of nitrogens with one attached hydrogen (secondary N) is 1. The molecule has 0 aromatic heterocycles. The van der Waals surface area contributed by atoms with Gasteiger partial charge in [-0.25, -0.2) is 14.0 Å². The second-order valence-electron chi connectivity index (χ2n) is 8.13. The summed E-state index contributed by atoms with van der Waals surface area (Å²) in [7, 11) is 0. The van der Waals surface area contributed by atoms with E-state index >= 15 is 0 Å². The zero-order valence-corrected chi connectivity index (χ0v) is 17.1. The number of hydrogen-bond acceptors (Lipinski definition) is 6. The lowest BCUT2D eigenvalue weighted by Crippen LogP contribution is -2.39. The molecule has 8 heteroatoms. The van der Waals surface area contributed by atoms with Gasteiger partial charge in [-0.1, -0.05) is 0 Å². The van der Waals surface area contributed by atoms with Crippen LogP contribution in [0.5, 0.6) is 5.75 Å². The fraction of sp³-hybridized carbons (Fsp3) is 0.550. The van der Waals surface area contributed by atoms with Crippen LogP contribution in [0.25, 0.3) is 0 Å². The van der Waals surface area contributed by atoms with Crippen molar-refractivity contribution in [2.45, 2.75) is 58.9 Å². The highest BCUT2D eigenvalue weighted by molar-refractivity contribution is 5.89. The third-order valence-electron chi connectivity index (χ3n) is 3.04. The summed E-state index contributed by atoms with van der Waals surface area (Å²) < 4.78 is 29.3. The molecule has 1 N–H and O–H groups in total. The molecule has 0 bridgehead atoms. The van der Waals surface area contributed by atoms with Gasteiger partial charge in [-0.3, -0.25) is 4.79 Å². The summed E-state index contributed by atoms with van der Waals surface area (Å²) in [4.78, 5) is 35.2. The molecule has 1 aromatic rings. The molecule has 1 atom stereocenters. The van der Waals surface area contributed by atoms with E-state index in [1.165, 1.54) is 24.3 Å². The van der Waals surface area contributed by atoms with Crippen molar-refractivity contribution in [3.63, 3.8) is 0 Å². The van der Waals surface area contributed by atoms with Gasteiger partial charge in [0.1, 0.15) is 23.6 Å². The van der Waals surface area contributed by atoms with Crippen LogP contribution in [0.4, 0.5) is 9.18 Å². The fourth-order valence-corrected chi connectivity index (χ4v) is 1.87. The molecule has 0 aliphatic heterocycles. The molecular weight excluding hydrogens is 369 g/mol. The van der Waals surface area contributed by atoms with Crippen LogP contribution in [-0.2, 0) is 14.3 Å². The molecule has 28 heavy (non-hydrogen) atoms. The molecule has 0 aliphatic carbocycles. The minimum atomic E-state index is -1.92. The summed E-state index contributed by atoms with van der Waals surface area (Å²) >= 11 is 0. The van der Waals surface area contributed by atoms with Gasteiger partial charge in [0.2, 0.25) is 5.78 Å². The van der Waals surface area contributed by atoms with Crippen LogP contribution in [0.2, 0.25) is 0 Å². The SMILES string of the molecule is CC(C)(C)OC(=O)NC[C@H](F)C(=O)COc1ccc(C(=O)OC(C)(C)C)cc1. The first-order chi connectivity index (χ1) is 12.8. The summed E-state index contributed by atoms with van der Waals surface area (Å²) in [6.07, 6.45) is -2.73. The highest BCUT2D eigenvalue weighted by Crippen LogP contribution is 2.16. The molecule has 0 spiro atoms. The number of Topliss-reactive ketones (excluding diaryl/α,β-unsaturated/α-hetero) is 1. The first kappa shape index (κ1) is 23.4. The van der Waals surface area contributed by atoms with Gasteiger partial charge in [0, 0.05) is 0 Å². The van der Waals surface area contributed by atoms with Crippen LogP contribution in [0, 0.1) is 0 Å². The molecule has 7 nitrogen and oxygen atoms in total. The number of benzene rings is 1. The monoisotopic (exact) mass is 397 g/mol. The second-order valence-corrected chi connectivity index (χ2v) is 8.13. The molecule has 0 aliphatic rings. The van der Waals surface area contributed by atoms with Crippen LogP contribution in [-0.4, -0.2) is 48.4 Å². The summed E-state index contributed by atoms with van der Waals surface area (Å²) in [6.45, 7) is 9.29. The Morgan fingerprint density at radius 3 is 2.00 bits per heavy atom. The molecule has 0 saturated carbocycles. The average molecular weight is 397 g/mol. The van der Waals surface area contributed by atoms with Crippen LogP contribution in [0.15, 0.2) is 24.3 Å². The Labute approximate surface area is 164 Å². The lowest BCUT2D eigenvalue weighted by atomic mass is 10.1. The van der Waals surface area contributed by atoms with Gasteiger partial charge in [0.05, 0.1) is 12.1 Å². The third kappa shape index (κ3) is 9.34. The maximum Gasteiger partial charge on any atom is 0.407 e. The topological polar surface area (TPSA) is 90.9 Å². The van der Waals surface area contributed by atoms with E-state index in [9.17, 15) is 18.8 Å². The molecule has 0 heterocycles. The maximum absolute atomic E-state index is 13.9. The molecule has 156 valence electrons. The van der Waals surface area contributed by atoms with Gasteiger partial charge in [-0.15, -0.1) is 0 Å². The number of amides is 1. The van der Waals surface area contributed by atoms with E-state index in [1.807, 2.05) is 0 Å². The van der Waals surface area contributed by atoms with E-state index < -0.39 is 48.4 Å². The number of ketones is 1. The Hall–Kier alpha value is -2.64. The summed E-state index contributed by atoms with van der Waals surface area (Å²) in [5.41, 5.74) is -0.991. The lowest BCUT2D eigenvalue weighted by Gasteiger charge is -2.20. The predicted octanol–water partition coefficient (Wildman–Crippen LogP) is 3.45. The largest absolute Gasteiger partial charge is 0.486 e. The summed E-state index contributed by atoms with van der Waals surface area (Å²) in [5, 5.41) is 2.19. The Morgan fingerprint density at radius 2 is 1.50 bits per heavy atom. The van der Waals surface area contributed by atoms with Crippen molar-refractivity contribution in [3.05, 3.63) is 29.8 Å². The maximum atomic E-state index is 13.9. The third-order valence-corrected chi connectivity index (χ3v) is 3.04. The van der Waals surface area contributed by atoms with Gasteiger partial charge in [-0.2, -0.15) is 0 Å². The molecule has 1 amide bonds. The Kier molecular flexibility index (Phi) is 7.96. The number of carbonyl (C=O) groups excluding carboxylic acids is 3. The van der Waals surface area contributed by atoms with Crippen LogP contribution in [0.3, 0.4) is 0 Å². The number of alkyl halides is 1. The first-order valence-corrected chi connectivity index (χ1v) is 8.87. The van der Waals surface area contributed by atoms with Crippen molar-refractivity contribution in [2.75, 3.05) is 13.2 Å². The molecule has 0 unspecified atom stereocenters. The Balaban J connectivity index is 2.45. The molecule has 0 radical (unpaired) electrons. The van der Waals surface area contributed by atoms with E-state index in [0.29, 0.717) is 11.3 Å². The van der Waals surface area contributed by atoms with Gasteiger partial charge in [-0.05, 0) is 65.8 Å². The molecule has 0 saturated heterocycles. The number of esters is 1. The normalized spacial score (nSPS) is 12.7. The second kappa shape index (κ2) is 9.52. The van der Waals surface area contributed by atoms with Crippen molar-refractivity contribution in [1.29, 1.82) is 0 Å². The molecule has 1 aromatic carbocycles. The van der Waals surface area contributed by atoms with Gasteiger partial charge in [0.15, 0.2) is 6.17 Å². The fourth-order valence-electron chi connectivity index (χ4n) is 1.87. The minimum Gasteiger partial charge on any atom is -0.486 e. The molecule has 1 rings (SSSR count). The zero-order valence-electron chi connectivity index (χ0n) is 17.1. The van der Waals surface area contributed by atoms with Crippen molar-refractivity contribution < 1.29 is 33.0 Å². The van der Waals surface area contributed by atoms with Crippen LogP contribution in [0.1, 0.15) is 51.9 Å². The average Bonchev–Trinajstić information content (AvgIpc) is 2.54. The summed E-state index contributed by atoms with van der Waals surface area (Å²) in [5.74, 6) is -1.01. The van der Waals surface area contributed by atoms with Crippen molar-refractivity contribution in [3.8, 4) is 5.75 Å². The lowest BCUT2D eigenvalue weighted by molar-refractivity contribution is -0.125. The number of alkyl carbamates (subject to hydrolysis) is 1. The van der Waals surface area contributed by atoms with E-state index in [2.05, 4.69) is 5.32 Å². The molecule has 0 fully saturated rings. The van der Waals surface area contributed by atoms with Gasteiger partial charge < -0.3 is 19.5 Å². The van der Waals surface area contributed by atoms with Crippen molar-refractivity contribution >= 4 is 17.8 Å². The smallest absolute Gasteiger partial charge is 0.407 e.